The molecule has 0 aromatic carbocycles. The molecule has 0 aromatic rings. The standard InChI is InChI=1S/C20H34NP.CHO.Ru.H/c1-18(2,3)21-14-16-11-10-12-17(13-16)15-22(19(4,5)6)20(7,8)9;1-2;;/h10-14H,15H2,1-9H3;1H;;/q-2;-1;+3;/p+1. The maximum atomic E-state index is 7.75. The molecule has 0 aromatic heterocycles. The van der Waals surface area contributed by atoms with Crippen LogP contribution in [0.2, 0.25) is 0 Å². The van der Waals surface area contributed by atoms with Crippen LogP contribution in [0.1, 0.15) is 62.3 Å². The molecule has 0 atom stereocenters. The van der Waals surface area contributed by atoms with Crippen molar-refractivity contribution in [2.75, 3.05) is 6.16 Å². The molecule has 1 rings (SSSR count). The summed E-state index contributed by atoms with van der Waals surface area (Å²) in [7, 11) is -0.532. The molecule has 0 saturated carbocycles. The summed E-state index contributed by atoms with van der Waals surface area (Å²) < 4.78 is 0. The number of rotatable bonds is 3. The molecule has 1 radical (unpaired) electrons. The topological polar surface area (TPSA) is 31.2 Å². The van der Waals surface area contributed by atoms with Crippen LogP contribution >= 0.6 is 7.92 Å². The molecule has 144 valence electrons. The van der Waals surface area contributed by atoms with Crippen molar-refractivity contribution >= 4 is 14.7 Å². The normalized spacial score (nSPS) is 16.4. The van der Waals surface area contributed by atoms with Crippen molar-refractivity contribution in [3.8, 4) is 0 Å². The fourth-order valence-electron chi connectivity index (χ4n) is 2.91. The third kappa shape index (κ3) is 11.0. The average molecular weight is 452 g/mol. The van der Waals surface area contributed by atoms with Crippen molar-refractivity contribution in [3.63, 3.8) is 0 Å². The molecule has 0 aliphatic heterocycles. The predicted molar refractivity (Wildman–Crippen MR) is 114 cm³/mol. The third-order valence-electron chi connectivity index (χ3n) is 3.74. The number of hydrogen-bond acceptors (Lipinski definition) is 1. The van der Waals surface area contributed by atoms with Crippen LogP contribution in [0.25, 0.3) is 5.32 Å². The van der Waals surface area contributed by atoms with Crippen LogP contribution in [-0.4, -0.2) is 28.8 Å². The van der Waals surface area contributed by atoms with Crippen molar-refractivity contribution in [1.29, 1.82) is 0 Å². The van der Waals surface area contributed by atoms with Crippen LogP contribution in [0.5, 0.6) is 0 Å². The van der Waals surface area contributed by atoms with E-state index in [4.69, 9.17) is 4.79 Å². The summed E-state index contributed by atoms with van der Waals surface area (Å²) >= 11 is 0. The van der Waals surface area contributed by atoms with Crippen LogP contribution in [0.3, 0.4) is 0 Å². The zero-order valence-electron chi connectivity index (χ0n) is 17.4. The van der Waals surface area contributed by atoms with Gasteiger partial charge in [0.2, 0.25) is 0 Å². The van der Waals surface area contributed by atoms with Gasteiger partial charge in [-0.25, -0.2) is 0 Å². The Morgan fingerprint density at radius 3 is 1.92 bits per heavy atom. The van der Waals surface area contributed by atoms with Gasteiger partial charge in [0.1, 0.15) is 0 Å². The van der Waals surface area contributed by atoms with Gasteiger partial charge in [-0.05, 0) is 41.5 Å². The van der Waals surface area contributed by atoms with E-state index in [-0.39, 0.29) is 25.0 Å². The van der Waals surface area contributed by atoms with Crippen molar-refractivity contribution in [1.82, 2.24) is 0 Å². The Hall–Kier alpha value is -0.387. The van der Waals surface area contributed by atoms with E-state index in [0.29, 0.717) is 10.3 Å². The second-order valence-corrected chi connectivity index (χ2v) is 13.6. The molecule has 0 unspecified atom stereocenters. The molecule has 0 bridgehead atoms. The summed E-state index contributed by atoms with van der Waals surface area (Å²) in [5.41, 5.74) is 2.66. The minimum atomic E-state index is -0.532. The van der Waals surface area contributed by atoms with Gasteiger partial charge in [0.15, 0.2) is 0 Å². The Labute approximate surface area is 170 Å². The molecule has 0 heterocycles. The molecule has 0 fully saturated rings. The van der Waals surface area contributed by atoms with Crippen molar-refractivity contribution in [2.24, 2.45) is 0 Å². The Kier molecular flexibility index (Phi) is 11.5. The molecule has 0 amide bonds. The predicted octanol–water partition coefficient (Wildman–Crippen LogP) is 6.01. The van der Waals surface area contributed by atoms with Gasteiger partial charge in [-0.2, -0.15) is 5.57 Å². The molecular formula is C21H37NOPRu+. The minimum absolute atomic E-state index is 0. The first kappa shape index (κ1) is 26.8. The zero-order chi connectivity index (χ0) is 19.2. The Morgan fingerprint density at radius 2 is 1.52 bits per heavy atom. The van der Waals surface area contributed by atoms with Gasteiger partial charge < -0.3 is 10.1 Å². The summed E-state index contributed by atoms with van der Waals surface area (Å²) in [5, 5.41) is 5.43. The molecule has 25 heavy (non-hydrogen) atoms. The van der Waals surface area contributed by atoms with Gasteiger partial charge in [0.05, 0.1) is 16.5 Å². The van der Waals surface area contributed by atoms with Crippen LogP contribution in [0, 0.1) is 6.42 Å². The van der Waals surface area contributed by atoms with Gasteiger partial charge in [-0.15, -0.1) is 30.2 Å². The fourth-order valence-corrected chi connectivity index (χ4v) is 6.85. The maximum absolute atomic E-state index is 7.75. The summed E-state index contributed by atoms with van der Waals surface area (Å²) in [6, 6.07) is 0. The fraction of sp³-hybridized carbons (Fsp3) is 0.619. The quantitative estimate of drug-likeness (QED) is 0.224. The Balaban J connectivity index is 0. The summed E-state index contributed by atoms with van der Waals surface area (Å²) in [6.45, 7) is 24.0. The average Bonchev–Trinajstić information content (AvgIpc) is 2.42. The second kappa shape index (κ2) is 10.7. The Morgan fingerprint density at radius 1 is 1.04 bits per heavy atom. The molecule has 0 spiro atoms. The van der Waals surface area contributed by atoms with E-state index in [1.165, 1.54) is 17.3 Å². The van der Waals surface area contributed by atoms with E-state index in [0.717, 1.165) is 0 Å². The van der Waals surface area contributed by atoms with Crippen LogP contribution in [0.4, 0.5) is 0 Å². The third-order valence-corrected chi connectivity index (χ3v) is 8.13. The van der Waals surface area contributed by atoms with E-state index in [1.807, 2.05) is 6.20 Å². The number of allylic oxidation sites excluding steroid dienone is 5. The number of hydrogen-bond donors (Lipinski definition) is 0. The van der Waals surface area contributed by atoms with Crippen LogP contribution in [-0.2, 0) is 24.3 Å². The van der Waals surface area contributed by atoms with E-state index in [1.54, 1.807) is 0 Å². The van der Waals surface area contributed by atoms with E-state index in [2.05, 4.69) is 99.1 Å². The first-order chi connectivity index (χ1) is 10.8. The van der Waals surface area contributed by atoms with E-state index < -0.39 is 7.92 Å². The monoisotopic (exact) mass is 452 g/mol. The Bertz CT molecular complexity index is 473. The molecular weight excluding hydrogens is 414 g/mol. The van der Waals surface area contributed by atoms with Crippen molar-refractivity contribution in [3.05, 3.63) is 47.3 Å². The van der Waals surface area contributed by atoms with Gasteiger partial charge in [0.25, 0.3) is 0 Å². The molecule has 2 nitrogen and oxygen atoms in total. The van der Waals surface area contributed by atoms with Crippen molar-refractivity contribution in [2.45, 2.75) is 78.2 Å². The van der Waals surface area contributed by atoms with Gasteiger partial charge in [0, 0.05) is 7.92 Å². The number of carbonyl (C=O) groups excluding carboxylic acids is 1. The first-order valence-corrected chi connectivity index (χ1v) is 10.2. The zero-order valence-corrected chi connectivity index (χ0v) is 20.3. The summed E-state index contributed by atoms with van der Waals surface area (Å²) in [6.07, 6.45) is 12.1. The molecule has 1 aliphatic carbocycles. The van der Waals surface area contributed by atoms with Crippen LogP contribution < -0.4 is 0 Å². The SMILES string of the molecule is CC(C)(C)[N-]C=C1C=CC=C(C[PH+](C(C)(C)C)C(C)(C)C)[CH-]1.[CH-]=O.[RuH+3]. The molecule has 0 saturated heterocycles. The van der Waals surface area contributed by atoms with Gasteiger partial charge in [-0.1, -0.05) is 26.3 Å². The molecule has 1 aliphatic rings. The van der Waals surface area contributed by atoms with Gasteiger partial charge in [-0.3, -0.25) is 13.0 Å². The summed E-state index contributed by atoms with van der Waals surface area (Å²) in [4.78, 5) is 7.75. The van der Waals surface area contributed by atoms with E-state index >= 15 is 0 Å². The number of nitrogens with zero attached hydrogens (tertiary/aromatic N) is 1. The van der Waals surface area contributed by atoms with Crippen LogP contribution in [0.15, 0.2) is 35.6 Å². The van der Waals surface area contributed by atoms with Crippen molar-refractivity contribution < 1.29 is 24.3 Å². The summed E-state index contributed by atoms with van der Waals surface area (Å²) in [5.74, 6) is 0. The first-order valence-electron chi connectivity index (χ1n) is 8.53. The second-order valence-electron chi connectivity index (χ2n) is 9.33. The van der Waals surface area contributed by atoms with E-state index in [9.17, 15) is 0 Å². The van der Waals surface area contributed by atoms with Gasteiger partial charge >= 0.3 is 19.5 Å². The molecule has 4 heteroatoms. The molecule has 0 N–H and O–H groups in total.